The van der Waals surface area contributed by atoms with Crippen LogP contribution in [0.1, 0.15) is 503 Å². The third-order valence-electron chi connectivity index (χ3n) is 24.8. The molecule has 0 aliphatic carbocycles. The maximum Gasteiger partial charge on any atom is 0.0827 e. The van der Waals surface area contributed by atoms with Gasteiger partial charge in [-0.05, 0) is 231 Å². The fourth-order valence-corrected chi connectivity index (χ4v) is 16.0. The van der Waals surface area contributed by atoms with E-state index in [0.717, 1.165) is 185 Å². The van der Waals surface area contributed by atoms with Crippen LogP contribution in [0.3, 0.4) is 0 Å². The standard InChI is InChI=1S/7C16H31N3/c1-14(2)9-5-6-11-16-13-17-18-19(16)12-8-7-10-15(3)4;1-14(2)9-6-5-7-12-19-16(13-17-18-19)11-8-10-15(3)4;1-14(2)9-6-5-7-11-16-13-19(18-17-16)12-8-10-15(3)4;1-14(2)9-6-5-7-11-16-13-17-18-19(16)12-8-10-15(3)4;1-14(2)9-7-5-6-8-12-19-16(13-17-18-19)11-10-15(3)4;1-14(2)9-7-5-6-8-10-16-13-19(18-17-16)12-11-15(3)4;1-14(2)9-7-5-6-8-10-16-13-17-18-19(16)12-11-15(3)4/h7*13-15H,5-12H2,1-4H3. The van der Waals surface area contributed by atoms with Gasteiger partial charge in [-0.25, -0.2) is 23.4 Å². The van der Waals surface area contributed by atoms with Crippen LogP contribution in [-0.4, -0.2) is 105 Å². The number of rotatable bonds is 70. The molecule has 0 spiro atoms. The molecular formula is C112H217N21. The lowest BCUT2D eigenvalue weighted by molar-refractivity contribution is 0.462. The molecule has 0 N–H and O–H groups in total. The summed E-state index contributed by atoms with van der Waals surface area (Å²) in [6.07, 6.45) is 76.4. The van der Waals surface area contributed by atoms with Crippen LogP contribution in [0.5, 0.6) is 0 Å². The molecular weight excluding hydrogens is 1640 g/mol. The van der Waals surface area contributed by atoms with Gasteiger partial charge in [-0.15, -0.1) is 35.7 Å². The number of nitrogens with zero attached hydrogens (tertiary/aromatic N) is 21. The topological polar surface area (TPSA) is 215 Å². The fraction of sp³-hybridized carbons (Fsp3) is 0.875. The number of hydrogen-bond donors (Lipinski definition) is 0. The van der Waals surface area contributed by atoms with Crippen molar-refractivity contribution in [1.29, 1.82) is 0 Å². The van der Waals surface area contributed by atoms with E-state index in [1.807, 2.05) is 40.3 Å². The van der Waals surface area contributed by atoms with Crippen LogP contribution < -0.4 is 0 Å². The second-order valence-electron chi connectivity index (χ2n) is 45.4. The van der Waals surface area contributed by atoms with E-state index in [1.165, 1.54) is 298 Å². The highest BCUT2D eigenvalue weighted by atomic mass is 15.5. The van der Waals surface area contributed by atoms with E-state index in [-0.39, 0.29) is 0 Å². The number of unbranched alkanes of at least 4 members (excludes halogenated alkanes) is 17. The van der Waals surface area contributed by atoms with E-state index in [0.29, 0.717) is 0 Å². The largest absolute Gasteiger partial charge is 0.252 e. The molecule has 0 amide bonds. The van der Waals surface area contributed by atoms with Gasteiger partial charge in [0.2, 0.25) is 0 Å². The molecule has 0 atom stereocenters. The fourth-order valence-electron chi connectivity index (χ4n) is 16.0. The zero-order valence-electron chi connectivity index (χ0n) is 92.6. The summed E-state index contributed by atoms with van der Waals surface area (Å²) in [5.41, 5.74) is 8.87. The second kappa shape index (κ2) is 81.9. The highest BCUT2D eigenvalue weighted by molar-refractivity contribution is 4.99. The first-order chi connectivity index (χ1) is 63.6. The zero-order valence-corrected chi connectivity index (χ0v) is 92.6. The molecule has 0 fully saturated rings. The lowest BCUT2D eigenvalue weighted by Gasteiger charge is -2.08. The molecule has 7 aromatic rings. The Balaban J connectivity index is 0.000000776. The molecule has 21 nitrogen and oxygen atoms in total. The molecule has 0 saturated carbocycles. The normalized spacial score (nSPS) is 11.7. The van der Waals surface area contributed by atoms with Crippen LogP contribution in [0.15, 0.2) is 43.4 Å². The Morgan fingerprint density at radius 3 is 0.699 bits per heavy atom. The molecule has 0 aliphatic heterocycles. The average Bonchev–Trinajstić information content (AvgIpc) is 1.73. The Labute approximate surface area is 820 Å². The Bertz CT molecular complexity index is 3440. The highest BCUT2D eigenvalue weighted by Gasteiger charge is 2.14. The summed E-state index contributed by atoms with van der Waals surface area (Å²) in [5.74, 6) is 11.2. The van der Waals surface area contributed by atoms with Gasteiger partial charge < -0.3 is 0 Å². The minimum Gasteiger partial charge on any atom is -0.252 e. The van der Waals surface area contributed by atoms with E-state index in [9.17, 15) is 0 Å². The van der Waals surface area contributed by atoms with Gasteiger partial charge in [-0.2, -0.15) is 0 Å². The monoisotopic (exact) mass is 1860 g/mol. The Kier molecular flexibility index (Phi) is 77.0. The van der Waals surface area contributed by atoms with Crippen LogP contribution in [0, 0.1) is 82.9 Å². The van der Waals surface area contributed by atoms with Crippen molar-refractivity contribution < 1.29 is 0 Å². The molecule has 21 heteroatoms. The van der Waals surface area contributed by atoms with E-state index in [4.69, 9.17) is 0 Å². The van der Waals surface area contributed by atoms with E-state index in [1.54, 1.807) is 0 Å². The smallest absolute Gasteiger partial charge is 0.0827 e. The van der Waals surface area contributed by atoms with Crippen molar-refractivity contribution >= 4 is 0 Å². The van der Waals surface area contributed by atoms with Crippen molar-refractivity contribution in [3.63, 3.8) is 0 Å². The van der Waals surface area contributed by atoms with Crippen molar-refractivity contribution in [3.05, 3.63) is 83.2 Å². The summed E-state index contributed by atoms with van der Waals surface area (Å²) in [7, 11) is 0. The minimum atomic E-state index is 0.730. The predicted octanol–water partition coefficient (Wildman–Crippen LogP) is 31.3. The van der Waals surface area contributed by atoms with Gasteiger partial charge in [0.15, 0.2) is 0 Å². The number of hydrogen-bond acceptors (Lipinski definition) is 14. The third-order valence-corrected chi connectivity index (χ3v) is 24.8. The molecule has 0 bridgehead atoms. The van der Waals surface area contributed by atoms with Crippen molar-refractivity contribution in [2.24, 2.45) is 82.9 Å². The summed E-state index contributed by atoms with van der Waals surface area (Å²) >= 11 is 0. The van der Waals surface area contributed by atoms with Crippen LogP contribution >= 0.6 is 0 Å². The molecule has 0 aliphatic rings. The number of aromatic nitrogens is 21. The molecule has 770 valence electrons. The summed E-state index contributed by atoms with van der Waals surface area (Å²) in [6.45, 7) is 71.1. The lowest BCUT2D eigenvalue weighted by Crippen LogP contribution is -2.07. The van der Waals surface area contributed by atoms with E-state index >= 15 is 0 Å². The minimum absolute atomic E-state index is 0.730. The van der Waals surface area contributed by atoms with Gasteiger partial charge in [0.05, 0.1) is 70.8 Å². The van der Waals surface area contributed by atoms with E-state index in [2.05, 4.69) is 302 Å². The SMILES string of the molecule is CC(C)CCCCCCc1cn(CCC(C)C)nn1.CC(C)CCCCCCc1cnnn1CCC(C)C.CC(C)CCCCCCn1nncc1CCC(C)C.CC(C)CCCCCc1cn(CCCC(C)C)nn1.CC(C)CCCCCc1cnnn1CCCC(C)C.CC(C)CCCCCn1nncc1CCCC(C)C.CC(C)CCCCc1cnnn1CCCCC(C)C. The van der Waals surface area contributed by atoms with Crippen LogP contribution in [-0.2, 0) is 90.8 Å². The van der Waals surface area contributed by atoms with Crippen molar-refractivity contribution in [3.8, 4) is 0 Å². The molecule has 7 rings (SSSR count). The lowest BCUT2D eigenvalue weighted by atomic mass is 10.0. The van der Waals surface area contributed by atoms with Gasteiger partial charge in [0, 0.05) is 58.2 Å². The number of aryl methyl sites for hydroxylation is 14. The molecule has 0 aromatic carbocycles. The first kappa shape index (κ1) is 125. The van der Waals surface area contributed by atoms with Gasteiger partial charge in [0.1, 0.15) is 0 Å². The summed E-state index contributed by atoms with van der Waals surface area (Å²) < 4.78 is 14.5. The van der Waals surface area contributed by atoms with E-state index < -0.39 is 0 Å². The first-order valence-corrected chi connectivity index (χ1v) is 55.8. The summed E-state index contributed by atoms with van der Waals surface area (Å²) in [6, 6.07) is 0. The van der Waals surface area contributed by atoms with Crippen molar-refractivity contribution in [1.82, 2.24) is 105 Å². The molecule has 0 radical (unpaired) electrons. The first-order valence-electron chi connectivity index (χ1n) is 55.8. The molecule has 7 heterocycles. The van der Waals surface area contributed by atoms with Gasteiger partial charge in [-0.3, -0.25) is 9.36 Å². The zero-order chi connectivity index (χ0) is 98.6. The predicted molar refractivity (Wildman–Crippen MR) is 568 cm³/mol. The molecule has 7 aromatic heterocycles. The molecule has 0 saturated heterocycles. The van der Waals surface area contributed by atoms with Crippen LogP contribution in [0.4, 0.5) is 0 Å². The van der Waals surface area contributed by atoms with Gasteiger partial charge in [0.25, 0.3) is 0 Å². The van der Waals surface area contributed by atoms with Crippen molar-refractivity contribution in [2.75, 3.05) is 0 Å². The quantitative estimate of drug-likeness (QED) is 0.0324. The maximum absolute atomic E-state index is 4.26. The summed E-state index contributed by atoms with van der Waals surface area (Å²) in [4.78, 5) is 0. The van der Waals surface area contributed by atoms with Crippen molar-refractivity contribution in [2.45, 2.75) is 554 Å². The Hall–Kier alpha value is -6.02. The highest BCUT2D eigenvalue weighted by Crippen LogP contribution is 2.21. The second-order valence-corrected chi connectivity index (χ2v) is 45.4. The molecule has 133 heavy (non-hydrogen) atoms. The van der Waals surface area contributed by atoms with Crippen LogP contribution in [0.25, 0.3) is 0 Å². The summed E-state index contributed by atoms with van der Waals surface area (Å²) in [5, 5.41) is 58.2. The maximum atomic E-state index is 4.26. The van der Waals surface area contributed by atoms with Crippen LogP contribution in [0.2, 0.25) is 0 Å². The average molecular weight is 1860 g/mol. The molecule has 0 unspecified atom stereocenters. The Morgan fingerprint density at radius 1 is 0.165 bits per heavy atom. The van der Waals surface area contributed by atoms with Gasteiger partial charge >= 0.3 is 0 Å². The third kappa shape index (κ3) is 75.7. The Morgan fingerprint density at radius 2 is 0.368 bits per heavy atom. The van der Waals surface area contributed by atoms with Gasteiger partial charge in [-0.1, -0.05) is 397 Å².